The Hall–Kier alpha value is -6.49. The molecule has 7 aromatic carbocycles. The molecule has 3 nitrogen and oxygen atoms in total. The molecule has 14 atom stereocenters. The predicted molar refractivity (Wildman–Crippen MR) is 599 cm³/mol. The van der Waals surface area contributed by atoms with Crippen LogP contribution in [0, 0.1) is 59.2 Å². The lowest BCUT2D eigenvalue weighted by atomic mass is 9.73. The van der Waals surface area contributed by atoms with E-state index >= 15 is 0 Å². The molecule has 730 valence electrons. The van der Waals surface area contributed by atoms with E-state index in [2.05, 4.69) is 441 Å². The SMILES string of the molecule is CC1C(C)C([Si](C)(C)N(C2CCCCC2)C(C)(C)C)C2C=C3C(=CC12)C(C)(C)c1cc(-c2ccc(C(C)(C)C)cc2)ccc13.CC1C(c2ccccc2)C2C=C3C(=CC2C1[Si](C)(C)N(C1CCCCC1)C(C)(C)C)c1ccc(-c2ccc(C(C)(C)C)cc2)cc1C3(C)C.CC1CC2C=C3C(=CC2C1[Si](C)(C)N(C1CCCCC1)C(C)(C)C)c1ccc(-c2ccc(C(C)(C)C)cc2)cc1C3(C)C. The second kappa shape index (κ2) is 36.4. The van der Waals surface area contributed by atoms with E-state index in [0.29, 0.717) is 58.8 Å². The van der Waals surface area contributed by atoms with Gasteiger partial charge >= 0.3 is 0 Å². The average Bonchev–Trinajstić information content (AvgIpc) is 1.55. The summed E-state index contributed by atoms with van der Waals surface area (Å²) >= 11 is 0. The Kier molecular flexibility index (Phi) is 27.1. The van der Waals surface area contributed by atoms with Crippen LogP contribution in [0.3, 0.4) is 0 Å². The van der Waals surface area contributed by atoms with Crippen LogP contribution in [0.4, 0.5) is 0 Å². The van der Waals surface area contributed by atoms with Crippen molar-refractivity contribution in [2.75, 3.05) is 0 Å². The molecule has 0 N–H and O–H groups in total. The van der Waals surface area contributed by atoms with Gasteiger partial charge in [0.05, 0.1) is 0 Å². The second-order valence-corrected chi connectivity index (χ2v) is 68.8. The van der Waals surface area contributed by atoms with Gasteiger partial charge in [-0.15, -0.1) is 0 Å². The fraction of sp³-hybridized carbons (Fsp3) is 0.585. The molecule has 6 heteroatoms. The van der Waals surface area contributed by atoms with Gasteiger partial charge in [0.1, 0.15) is 24.7 Å². The number of hydrogen-bond acceptors (Lipinski definition) is 3. The van der Waals surface area contributed by atoms with Crippen LogP contribution >= 0.6 is 0 Å². The van der Waals surface area contributed by atoms with Crippen molar-refractivity contribution in [1.29, 1.82) is 0 Å². The zero-order valence-electron chi connectivity index (χ0n) is 91.9. The summed E-state index contributed by atoms with van der Waals surface area (Å²) in [6.45, 7) is 85.1. The van der Waals surface area contributed by atoms with Crippen LogP contribution in [0.25, 0.3) is 50.1 Å². The van der Waals surface area contributed by atoms with E-state index in [1.54, 1.807) is 33.4 Å². The van der Waals surface area contributed by atoms with Gasteiger partial charge < -0.3 is 13.7 Å². The Labute approximate surface area is 833 Å². The summed E-state index contributed by atoms with van der Waals surface area (Å²) in [5.41, 5.74) is 35.5. The molecule has 19 rings (SSSR count). The lowest BCUT2D eigenvalue weighted by Crippen LogP contribution is -2.65. The maximum absolute atomic E-state index is 3.15. The predicted octanol–water partition coefficient (Wildman–Crippen LogP) is 36.3. The third-order valence-electron chi connectivity index (χ3n) is 38.2. The molecule has 136 heavy (non-hydrogen) atoms. The minimum Gasteiger partial charge on any atom is -0.316 e. The molecule has 0 aliphatic heterocycles. The molecule has 6 fully saturated rings. The molecule has 7 aromatic rings. The number of allylic oxidation sites excluding steroid dienone is 12. The smallest absolute Gasteiger partial charge is 0.127 e. The van der Waals surface area contributed by atoms with Crippen LogP contribution in [-0.4, -0.2) is 73.1 Å². The Morgan fingerprint density at radius 1 is 0.287 bits per heavy atom. The van der Waals surface area contributed by atoms with Crippen LogP contribution < -0.4 is 0 Å². The lowest BCUT2D eigenvalue weighted by Gasteiger charge is -2.56. The maximum Gasteiger partial charge on any atom is 0.127 e. The van der Waals surface area contributed by atoms with E-state index in [9.17, 15) is 0 Å². The summed E-state index contributed by atoms with van der Waals surface area (Å²) in [4.78, 5) is 0. The van der Waals surface area contributed by atoms with E-state index in [4.69, 9.17) is 0 Å². The van der Waals surface area contributed by atoms with E-state index in [1.165, 1.54) is 192 Å². The van der Waals surface area contributed by atoms with E-state index < -0.39 is 24.7 Å². The van der Waals surface area contributed by atoms with E-state index in [0.717, 1.165) is 41.0 Å². The summed E-state index contributed by atoms with van der Waals surface area (Å²) in [6, 6.07) is 63.9. The average molecular weight is 1870 g/mol. The van der Waals surface area contributed by atoms with Crippen LogP contribution in [0.5, 0.6) is 0 Å². The topological polar surface area (TPSA) is 9.72 Å². The Morgan fingerprint density at radius 2 is 0.581 bits per heavy atom. The standard InChI is InChI=1S/C47H63NSi.C42H61NSi.C41H59NSi/c1-31-43(33-18-14-12-15-19-33)39-30-42-38(29-40(39)44(31)49(10,11)48(46(5,6)7)36-20-16-13-17-21-36)37-27-24-34(28-41(37)47(42,8)9)32-22-25-35(26-23-32)45(2,3)4;1-27-28(2)39(44(11,12)43(41(6,7)8)32-16-14-13-15-17-32)36-25-35-33-23-20-30(29-18-21-31(22-19-29)40(3,4)5)24-37(33)42(9,10)38(35)26-34(27)36;1-27-23-30-25-37-35(26-34(30)38(27)43(10,11)42(40(5,6)7)32-15-13-12-14-16-32)33-22-19-29(24-36(33)41(37,8)9)28-17-20-31(21-18-28)39(2,3)4/h12,14-15,18-19,22-31,36,39-40,43-44H,13,16-17,20-21H2,1-11H3;18-28,32,34,36,39H,13-17H2,1-12H3;17-22,24-27,30,32,34,38H,12-16,23H2,1-11H3. The quantitative estimate of drug-likeness (QED) is 0.107. The van der Waals surface area contributed by atoms with Gasteiger partial charge in [-0.05, 0) is 346 Å². The molecule has 6 saturated carbocycles. The number of hydrogen-bond donors (Lipinski definition) is 0. The van der Waals surface area contributed by atoms with Gasteiger partial charge in [0.2, 0.25) is 0 Å². The largest absolute Gasteiger partial charge is 0.316 e. The highest BCUT2D eigenvalue weighted by Gasteiger charge is 2.63. The fourth-order valence-electron chi connectivity index (χ4n) is 32.9. The van der Waals surface area contributed by atoms with Crippen molar-refractivity contribution >= 4 is 41.4 Å². The first-order valence-corrected chi connectivity index (χ1v) is 64.1. The Balaban J connectivity index is 0.000000142. The third-order valence-corrected chi connectivity index (χ3v) is 52.7. The van der Waals surface area contributed by atoms with Crippen LogP contribution in [0.2, 0.25) is 55.9 Å². The van der Waals surface area contributed by atoms with Crippen molar-refractivity contribution in [3.63, 3.8) is 0 Å². The van der Waals surface area contributed by atoms with Gasteiger partial charge in [-0.25, -0.2) is 0 Å². The first-order chi connectivity index (χ1) is 63.5. The highest BCUT2D eigenvalue weighted by Crippen LogP contribution is 2.69. The van der Waals surface area contributed by atoms with Crippen molar-refractivity contribution in [1.82, 2.24) is 13.7 Å². The number of fused-ring (bicyclic) bond motifs is 12. The maximum atomic E-state index is 3.15. The molecule has 0 spiro atoms. The highest BCUT2D eigenvalue weighted by molar-refractivity contribution is 6.77. The first-order valence-electron chi connectivity index (χ1n) is 55.0. The number of nitrogens with zero attached hydrogens (tertiary/aromatic N) is 3. The molecule has 14 unspecified atom stereocenters. The summed E-state index contributed by atoms with van der Waals surface area (Å²) in [5, 5.41) is 0. The zero-order chi connectivity index (χ0) is 98.2. The van der Waals surface area contributed by atoms with Crippen molar-refractivity contribution in [2.45, 2.75) is 426 Å². The van der Waals surface area contributed by atoms with Crippen molar-refractivity contribution < 1.29 is 0 Å². The minimum atomic E-state index is -1.95. The summed E-state index contributed by atoms with van der Waals surface area (Å²) < 4.78 is 9.41. The molecule has 12 aliphatic carbocycles. The fourth-order valence-corrected chi connectivity index (χ4v) is 51.0. The molecule has 0 saturated heterocycles. The molecular formula is C130H183N3Si3. The monoisotopic (exact) mass is 1870 g/mol. The highest BCUT2D eigenvalue weighted by atomic mass is 28.3. The van der Waals surface area contributed by atoms with Crippen molar-refractivity contribution in [3.05, 3.63) is 267 Å². The number of rotatable bonds is 13. The van der Waals surface area contributed by atoms with Crippen molar-refractivity contribution in [3.8, 4) is 33.4 Å². The van der Waals surface area contributed by atoms with Gasteiger partial charge in [0.25, 0.3) is 0 Å². The summed E-state index contributed by atoms with van der Waals surface area (Å²) in [7, 11) is -5.55. The lowest BCUT2D eigenvalue weighted by molar-refractivity contribution is 0.138. The molecule has 0 heterocycles. The third kappa shape index (κ3) is 18.2. The minimum absolute atomic E-state index is 0.0252. The Morgan fingerprint density at radius 3 is 0.912 bits per heavy atom. The van der Waals surface area contributed by atoms with Crippen LogP contribution in [-0.2, 0) is 32.5 Å². The Bertz CT molecular complexity index is 5720. The second-order valence-electron chi connectivity index (χ2n) is 55.4. The van der Waals surface area contributed by atoms with E-state index in [1.807, 2.05) is 0 Å². The summed E-state index contributed by atoms with van der Waals surface area (Å²) in [5.74, 6) is 7.11. The molecule has 0 bridgehead atoms. The molecule has 0 aromatic heterocycles. The van der Waals surface area contributed by atoms with Gasteiger partial charge in [0.15, 0.2) is 0 Å². The van der Waals surface area contributed by atoms with Gasteiger partial charge in [-0.3, -0.25) is 0 Å². The molecule has 12 aliphatic rings. The van der Waals surface area contributed by atoms with Gasteiger partial charge in [-0.2, -0.15) is 0 Å². The van der Waals surface area contributed by atoms with Gasteiger partial charge in [0, 0.05) is 51.0 Å². The zero-order valence-corrected chi connectivity index (χ0v) is 94.9. The summed E-state index contributed by atoms with van der Waals surface area (Å²) in [6.07, 6.45) is 39.2. The number of benzene rings is 7. The molecule has 0 radical (unpaired) electrons. The van der Waals surface area contributed by atoms with Gasteiger partial charge in [-0.1, -0.05) is 405 Å². The molecule has 0 amide bonds. The molecular weight excluding hydrogens is 1690 g/mol. The van der Waals surface area contributed by atoms with Crippen LogP contribution in [0.15, 0.2) is 211 Å². The van der Waals surface area contributed by atoms with Crippen molar-refractivity contribution in [2.24, 2.45) is 59.2 Å². The normalized spacial score (nSPS) is 27.7. The van der Waals surface area contributed by atoms with Crippen LogP contribution in [0.1, 0.15) is 358 Å². The first kappa shape index (κ1) is 101. The van der Waals surface area contributed by atoms with E-state index in [-0.39, 0.29) is 49.1 Å².